The summed E-state index contributed by atoms with van der Waals surface area (Å²) in [6, 6.07) is 8.37. The molecule has 0 fully saturated rings. The Kier molecular flexibility index (Phi) is 4.30. The van der Waals surface area contributed by atoms with E-state index in [0.29, 0.717) is 11.2 Å². The Morgan fingerprint density at radius 3 is 2.57 bits per heavy atom. The van der Waals surface area contributed by atoms with Crippen molar-refractivity contribution in [2.75, 3.05) is 5.32 Å². The second kappa shape index (κ2) is 6.56. The number of benzene rings is 1. The van der Waals surface area contributed by atoms with E-state index in [4.69, 9.17) is 11.6 Å². The smallest absolute Gasteiger partial charge is 0.331 e. The van der Waals surface area contributed by atoms with Gasteiger partial charge in [-0.1, -0.05) is 23.7 Å². The first kappa shape index (κ1) is 18.4. The monoisotopic (exact) mass is 405 g/mol. The van der Waals surface area contributed by atoms with E-state index in [9.17, 15) is 13.2 Å². The summed E-state index contributed by atoms with van der Waals surface area (Å²) in [6.45, 7) is 1.91. The molecule has 0 saturated heterocycles. The summed E-state index contributed by atoms with van der Waals surface area (Å²) < 4.78 is 42.6. The summed E-state index contributed by atoms with van der Waals surface area (Å²) in [5.41, 5.74) is 2.07. The van der Waals surface area contributed by atoms with Crippen LogP contribution in [-0.4, -0.2) is 18.9 Å². The van der Waals surface area contributed by atoms with E-state index in [1.165, 1.54) is 10.6 Å². The summed E-state index contributed by atoms with van der Waals surface area (Å²) in [6.07, 6.45) is -0.324. The topological polar surface area (TPSA) is 47.1 Å². The van der Waals surface area contributed by atoms with Gasteiger partial charge < -0.3 is 9.88 Å². The number of imidazole rings is 2. The normalized spacial score (nSPS) is 11.9. The molecular formula is C19H15ClF3N5. The number of aryl methyl sites for hydroxylation is 1. The van der Waals surface area contributed by atoms with Gasteiger partial charge in [0.25, 0.3) is 0 Å². The Hall–Kier alpha value is -3.00. The molecule has 0 aliphatic rings. The molecule has 0 unspecified atom stereocenters. The molecule has 0 amide bonds. The Morgan fingerprint density at radius 2 is 1.89 bits per heavy atom. The molecule has 0 saturated carbocycles. The molecule has 1 aromatic carbocycles. The van der Waals surface area contributed by atoms with Gasteiger partial charge in [0.15, 0.2) is 0 Å². The number of aromatic nitrogens is 4. The molecular weight excluding hydrogens is 391 g/mol. The first-order valence-electron chi connectivity index (χ1n) is 8.33. The molecule has 0 spiro atoms. The second-order valence-corrected chi connectivity index (χ2v) is 6.77. The highest BCUT2D eigenvalue weighted by Gasteiger charge is 2.32. The maximum Gasteiger partial charge on any atom is 0.417 e. The SMILES string of the molecule is Cc1ncc(-c2cccc(Nc3ncc4c(Cl)cc(C(F)(F)F)cn34)c2)n1C. The van der Waals surface area contributed by atoms with Crippen LogP contribution in [0.25, 0.3) is 16.8 Å². The fraction of sp³-hybridized carbons (Fsp3) is 0.158. The predicted molar refractivity (Wildman–Crippen MR) is 102 cm³/mol. The van der Waals surface area contributed by atoms with Crippen LogP contribution in [0.5, 0.6) is 0 Å². The van der Waals surface area contributed by atoms with Gasteiger partial charge in [-0.15, -0.1) is 0 Å². The third-order valence-electron chi connectivity index (χ3n) is 4.55. The number of nitrogens with one attached hydrogen (secondary N) is 1. The van der Waals surface area contributed by atoms with Crippen LogP contribution in [0.15, 0.2) is 48.9 Å². The zero-order valence-corrected chi connectivity index (χ0v) is 15.7. The highest BCUT2D eigenvalue weighted by atomic mass is 35.5. The fourth-order valence-corrected chi connectivity index (χ4v) is 3.22. The van der Waals surface area contributed by atoms with Crippen molar-refractivity contribution in [2.45, 2.75) is 13.1 Å². The lowest BCUT2D eigenvalue weighted by Gasteiger charge is -2.11. The summed E-state index contributed by atoms with van der Waals surface area (Å²) in [7, 11) is 1.92. The number of hydrogen-bond acceptors (Lipinski definition) is 3. The minimum atomic E-state index is -4.50. The van der Waals surface area contributed by atoms with Crippen LogP contribution in [0.2, 0.25) is 5.02 Å². The van der Waals surface area contributed by atoms with Crippen molar-refractivity contribution in [1.82, 2.24) is 18.9 Å². The van der Waals surface area contributed by atoms with Crippen molar-refractivity contribution in [3.63, 3.8) is 0 Å². The Bertz CT molecular complexity index is 1180. The molecule has 9 heteroatoms. The Labute approximate surface area is 163 Å². The van der Waals surface area contributed by atoms with Crippen LogP contribution in [0.1, 0.15) is 11.4 Å². The summed E-state index contributed by atoms with van der Waals surface area (Å²) in [5.74, 6) is 1.11. The van der Waals surface area contributed by atoms with Gasteiger partial charge in [0, 0.05) is 24.5 Å². The average Bonchev–Trinajstić information content (AvgIpc) is 3.19. The van der Waals surface area contributed by atoms with Gasteiger partial charge in [0.1, 0.15) is 5.82 Å². The number of alkyl halides is 3. The van der Waals surface area contributed by atoms with Crippen molar-refractivity contribution in [3.8, 4) is 11.3 Å². The predicted octanol–water partition coefficient (Wildman–Crippen LogP) is 5.46. The molecule has 0 radical (unpaired) electrons. The first-order chi connectivity index (χ1) is 13.2. The van der Waals surface area contributed by atoms with Crippen LogP contribution in [-0.2, 0) is 13.2 Å². The molecule has 0 aliphatic heterocycles. The van der Waals surface area contributed by atoms with Gasteiger partial charge >= 0.3 is 6.18 Å². The zero-order chi connectivity index (χ0) is 20.1. The molecule has 0 aliphatic carbocycles. The largest absolute Gasteiger partial charge is 0.417 e. The zero-order valence-electron chi connectivity index (χ0n) is 14.9. The van der Waals surface area contributed by atoms with E-state index in [0.717, 1.165) is 29.3 Å². The van der Waals surface area contributed by atoms with Crippen molar-refractivity contribution < 1.29 is 13.2 Å². The van der Waals surface area contributed by atoms with Crippen molar-refractivity contribution in [1.29, 1.82) is 0 Å². The maximum atomic E-state index is 13.1. The Balaban J connectivity index is 1.74. The van der Waals surface area contributed by atoms with E-state index in [-0.39, 0.29) is 11.0 Å². The van der Waals surface area contributed by atoms with Gasteiger partial charge in [-0.25, -0.2) is 9.97 Å². The number of nitrogens with zero attached hydrogens (tertiary/aromatic N) is 4. The van der Waals surface area contributed by atoms with E-state index in [1.807, 2.05) is 42.8 Å². The summed E-state index contributed by atoms with van der Waals surface area (Å²) >= 11 is 6.01. The fourth-order valence-electron chi connectivity index (χ4n) is 2.96. The lowest BCUT2D eigenvalue weighted by Crippen LogP contribution is -2.07. The number of rotatable bonds is 3. The molecule has 28 heavy (non-hydrogen) atoms. The van der Waals surface area contributed by atoms with E-state index in [1.54, 1.807) is 6.20 Å². The van der Waals surface area contributed by atoms with E-state index >= 15 is 0 Å². The molecule has 0 atom stereocenters. The Morgan fingerprint density at radius 1 is 1.11 bits per heavy atom. The molecule has 0 bridgehead atoms. The number of anilines is 2. The van der Waals surface area contributed by atoms with Crippen LogP contribution in [0, 0.1) is 6.92 Å². The lowest BCUT2D eigenvalue weighted by molar-refractivity contribution is -0.137. The van der Waals surface area contributed by atoms with Crippen molar-refractivity contribution in [3.05, 3.63) is 65.3 Å². The standard InChI is InChI=1S/C19H15ClF3N5/c1-11-24-8-16(27(11)2)12-4-3-5-14(6-12)26-18-25-9-17-15(20)7-13(10-28(17)18)19(21,22)23/h3-10H,1-2H3,(H,25,26). The van der Waals surface area contributed by atoms with Crippen LogP contribution in [0.3, 0.4) is 0 Å². The number of hydrogen-bond donors (Lipinski definition) is 1. The highest BCUT2D eigenvalue weighted by molar-refractivity contribution is 6.33. The molecule has 3 aromatic heterocycles. The van der Waals surface area contributed by atoms with Crippen molar-refractivity contribution in [2.24, 2.45) is 7.05 Å². The number of fused-ring (bicyclic) bond motifs is 1. The minimum Gasteiger partial charge on any atom is -0.331 e. The number of halogens is 4. The lowest BCUT2D eigenvalue weighted by atomic mass is 10.1. The van der Waals surface area contributed by atoms with E-state index in [2.05, 4.69) is 15.3 Å². The molecule has 144 valence electrons. The van der Waals surface area contributed by atoms with Gasteiger partial charge in [0.05, 0.1) is 34.2 Å². The number of pyridine rings is 1. The van der Waals surface area contributed by atoms with Gasteiger partial charge in [0.2, 0.25) is 5.95 Å². The quantitative estimate of drug-likeness (QED) is 0.492. The first-order valence-corrected chi connectivity index (χ1v) is 8.71. The minimum absolute atomic E-state index is 0.0190. The molecule has 4 aromatic rings. The van der Waals surface area contributed by atoms with E-state index < -0.39 is 11.7 Å². The molecule has 4 rings (SSSR count). The van der Waals surface area contributed by atoms with Gasteiger partial charge in [-0.3, -0.25) is 4.40 Å². The highest BCUT2D eigenvalue weighted by Crippen LogP contribution is 2.34. The summed E-state index contributed by atoms with van der Waals surface area (Å²) in [5, 5.41) is 3.05. The average molecular weight is 406 g/mol. The molecule has 5 nitrogen and oxygen atoms in total. The third kappa shape index (κ3) is 3.20. The summed E-state index contributed by atoms with van der Waals surface area (Å²) in [4.78, 5) is 8.47. The van der Waals surface area contributed by atoms with Gasteiger partial charge in [-0.05, 0) is 25.1 Å². The van der Waals surface area contributed by atoms with Crippen LogP contribution >= 0.6 is 11.6 Å². The molecule has 1 N–H and O–H groups in total. The second-order valence-electron chi connectivity index (χ2n) is 6.37. The molecule has 3 heterocycles. The maximum absolute atomic E-state index is 13.1. The van der Waals surface area contributed by atoms with Crippen LogP contribution < -0.4 is 5.32 Å². The van der Waals surface area contributed by atoms with Crippen molar-refractivity contribution >= 4 is 28.8 Å². The third-order valence-corrected chi connectivity index (χ3v) is 4.86. The van der Waals surface area contributed by atoms with Crippen LogP contribution in [0.4, 0.5) is 24.8 Å². The van der Waals surface area contributed by atoms with Gasteiger partial charge in [-0.2, -0.15) is 13.2 Å².